The molecule has 1 amide bonds. The highest BCUT2D eigenvalue weighted by molar-refractivity contribution is 5.97. The van der Waals surface area contributed by atoms with E-state index in [0.717, 1.165) is 25.7 Å². The van der Waals surface area contributed by atoms with Crippen molar-refractivity contribution < 1.29 is 9.90 Å². The summed E-state index contributed by atoms with van der Waals surface area (Å²) in [4.78, 5) is 11.9. The summed E-state index contributed by atoms with van der Waals surface area (Å²) < 4.78 is 1.50. The van der Waals surface area contributed by atoms with Gasteiger partial charge in [0.15, 0.2) is 5.69 Å². The van der Waals surface area contributed by atoms with Gasteiger partial charge in [0.25, 0.3) is 5.91 Å². The summed E-state index contributed by atoms with van der Waals surface area (Å²) in [6.07, 6.45) is 4.71. The van der Waals surface area contributed by atoms with Crippen molar-refractivity contribution in [1.82, 2.24) is 15.1 Å². The predicted octanol–water partition coefficient (Wildman–Crippen LogP) is 0.0356. The van der Waals surface area contributed by atoms with Crippen LogP contribution in [0.2, 0.25) is 0 Å². The van der Waals surface area contributed by atoms with E-state index < -0.39 is 6.10 Å². The van der Waals surface area contributed by atoms with Crippen LogP contribution >= 0.6 is 0 Å². The summed E-state index contributed by atoms with van der Waals surface area (Å²) in [5.41, 5.74) is 6.26. The number of hydrogen-bond donors (Lipinski definition) is 3. The second kappa shape index (κ2) is 4.75. The number of anilines is 1. The second-order valence-corrected chi connectivity index (χ2v) is 4.54. The monoisotopic (exact) mass is 238 g/mol. The molecule has 0 radical (unpaired) electrons. The SMILES string of the molecule is Cn1cc(N)c(C(=O)N[C@H]2CCCC[C@@H]2O)n1. The Hall–Kier alpha value is -1.56. The van der Waals surface area contributed by atoms with E-state index in [4.69, 9.17) is 5.73 Å². The number of nitrogen functional groups attached to an aromatic ring is 1. The van der Waals surface area contributed by atoms with Crippen molar-refractivity contribution in [1.29, 1.82) is 0 Å². The van der Waals surface area contributed by atoms with Crippen LogP contribution in [0.5, 0.6) is 0 Å². The molecule has 6 nitrogen and oxygen atoms in total. The molecule has 17 heavy (non-hydrogen) atoms. The average Bonchev–Trinajstić information content (AvgIpc) is 2.61. The molecule has 0 spiro atoms. The number of aliphatic hydroxyl groups is 1. The van der Waals surface area contributed by atoms with Gasteiger partial charge in [-0.25, -0.2) is 0 Å². The number of carbonyl (C=O) groups is 1. The Balaban J connectivity index is 2.03. The number of nitrogens with zero attached hydrogens (tertiary/aromatic N) is 2. The van der Waals surface area contributed by atoms with Gasteiger partial charge in [-0.2, -0.15) is 5.10 Å². The molecule has 0 saturated heterocycles. The zero-order valence-corrected chi connectivity index (χ0v) is 9.89. The Labute approximate surface area is 99.8 Å². The molecule has 1 aromatic heterocycles. The molecule has 1 aliphatic carbocycles. The molecule has 0 aliphatic heterocycles. The molecular formula is C11H18N4O2. The van der Waals surface area contributed by atoms with Crippen LogP contribution in [0, 0.1) is 0 Å². The van der Waals surface area contributed by atoms with E-state index in [9.17, 15) is 9.90 Å². The fraction of sp³-hybridized carbons (Fsp3) is 0.636. The first-order valence-corrected chi connectivity index (χ1v) is 5.86. The first-order valence-electron chi connectivity index (χ1n) is 5.86. The molecule has 0 aromatic carbocycles. The second-order valence-electron chi connectivity index (χ2n) is 4.54. The standard InChI is InChI=1S/C11H18N4O2/c1-15-6-7(12)10(14-15)11(17)13-8-4-2-3-5-9(8)16/h6,8-9,16H,2-5,12H2,1H3,(H,13,17)/t8-,9-/m0/s1. The topological polar surface area (TPSA) is 93.2 Å². The minimum Gasteiger partial charge on any atom is -0.396 e. The summed E-state index contributed by atoms with van der Waals surface area (Å²) in [7, 11) is 1.71. The van der Waals surface area contributed by atoms with Gasteiger partial charge < -0.3 is 16.2 Å². The molecule has 4 N–H and O–H groups in total. The van der Waals surface area contributed by atoms with Gasteiger partial charge in [0.05, 0.1) is 17.8 Å². The average molecular weight is 238 g/mol. The van der Waals surface area contributed by atoms with Crippen molar-refractivity contribution in [3.63, 3.8) is 0 Å². The van der Waals surface area contributed by atoms with Crippen LogP contribution in [-0.4, -0.2) is 32.9 Å². The molecule has 1 aliphatic rings. The molecule has 1 heterocycles. The van der Waals surface area contributed by atoms with Gasteiger partial charge in [-0.3, -0.25) is 9.48 Å². The number of aromatic nitrogens is 2. The number of hydrogen-bond acceptors (Lipinski definition) is 4. The van der Waals surface area contributed by atoms with Gasteiger partial charge >= 0.3 is 0 Å². The highest BCUT2D eigenvalue weighted by Gasteiger charge is 2.26. The molecule has 2 rings (SSSR count). The summed E-state index contributed by atoms with van der Waals surface area (Å²) in [6, 6.07) is -0.183. The first-order chi connectivity index (χ1) is 8.08. The molecule has 1 aromatic rings. The van der Waals surface area contributed by atoms with Crippen molar-refractivity contribution >= 4 is 11.6 Å². The number of carbonyl (C=O) groups excluding carboxylic acids is 1. The highest BCUT2D eigenvalue weighted by atomic mass is 16.3. The summed E-state index contributed by atoms with van der Waals surface area (Å²) in [5.74, 6) is -0.311. The van der Waals surface area contributed by atoms with Crippen molar-refractivity contribution in [2.45, 2.75) is 37.8 Å². The van der Waals surface area contributed by atoms with Crippen LogP contribution in [0.15, 0.2) is 6.20 Å². The molecule has 1 saturated carbocycles. The molecule has 6 heteroatoms. The van der Waals surface area contributed by atoms with Gasteiger partial charge in [0.1, 0.15) is 0 Å². The third-order valence-corrected chi connectivity index (χ3v) is 3.12. The Morgan fingerprint density at radius 1 is 1.59 bits per heavy atom. The number of nitrogens with two attached hydrogens (primary N) is 1. The van der Waals surface area contributed by atoms with Crippen LogP contribution in [-0.2, 0) is 7.05 Å². The molecule has 0 unspecified atom stereocenters. The number of rotatable bonds is 2. The smallest absolute Gasteiger partial charge is 0.274 e. The zero-order valence-electron chi connectivity index (χ0n) is 9.89. The lowest BCUT2D eigenvalue weighted by Gasteiger charge is -2.28. The van der Waals surface area contributed by atoms with E-state index in [2.05, 4.69) is 10.4 Å². The third kappa shape index (κ3) is 2.58. The van der Waals surface area contributed by atoms with E-state index in [1.165, 1.54) is 4.68 Å². The van der Waals surface area contributed by atoms with Gasteiger partial charge in [-0.05, 0) is 12.8 Å². The Morgan fingerprint density at radius 2 is 2.29 bits per heavy atom. The van der Waals surface area contributed by atoms with E-state index >= 15 is 0 Å². The Bertz CT molecular complexity index is 416. The van der Waals surface area contributed by atoms with Crippen LogP contribution < -0.4 is 11.1 Å². The van der Waals surface area contributed by atoms with E-state index in [1.807, 2.05) is 0 Å². The molecule has 2 atom stereocenters. The Morgan fingerprint density at radius 3 is 2.88 bits per heavy atom. The molecular weight excluding hydrogens is 220 g/mol. The van der Waals surface area contributed by atoms with Crippen LogP contribution in [0.3, 0.4) is 0 Å². The predicted molar refractivity (Wildman–Crippen MR) is 63.3 cm³/mol. The van der Waals surface area contributed by atoms with Crippen molar-refractivity contribution in [2.24, 2.45) is 7.05 Å². The first kappa shape index (κ1) is 11.9. The maximum atomic E-state index is 11.9. The molecule has 0 bridgehead atoms. The number of aryl methyl sites for hydroxylation is 1. The lowest BCUT2D eigenvalue weighted by molar-refractivity contribution is 0.0714. The molecule has 94 valence electrons. The van der Waals surface area contributed by atoms with Crippen molar-refractivity contribution in [3.05, 3.63) is 11.9 Å². The van der Waals surface area contributed by atoms with Gasteiger partial charge in [-0.1, -0.05) is 12.8 Å². The van der Waals surface area contributed by atoms with E-state index in [0.29, 0.717) is 5.69 Å². The third-order valence-electron chi connectivity index (χ3n) is 3.12. The fourth-order valence-electron chi connectivity index (χ4n) is 2.20. The fourth-order valence-corrected chi connectivity index (χ4v) is 2.20. The lowest BCUT2D eigenvalue weighted by Crippen LogP contribution is -2.45. The maximum absolute atomic E-state index is 11.9. The minimum absolute atomic E-state index is 0.183. The number of aliphatic hydroxyl groups excluding tert-OH is 1. The summed E-state index contributed by atoms with van der Waals surface area (Å²) in [6.45, 7) is 0. The summed E-state index contributed by atoms with van der Waals surface area (Å²) >= 11 is 0. The van der Waals surface area contributed by atoms with Crippen molar-refractivity contribution in [2.75, 3.05) is 5.73 Å². The van der Waals surface area contributed by atoms with Gasteiger partial charge in [-0.15, -0.1) is 0 Å². The Kier molecular flexibility index (Phi) is 3.33. The quantitative estimate of drug-likeness (QED) is 0.678. The summed E-state index contributed by atoms with van der Waals surface area (Å²) in [5, 5.41) is 16.6. The van der Waals surface area contributed by atoms with Crippen LogP contribution in [0.1, 0.15) is 36.2 Å². The van der Waals surface area contributed by atoms with Crippen LogP contribution in [0.25, 0.3) is 0 Å². The number of nitrogens with one attached hydrogen (secondary N) is 1. The number of amides is 1. The largest absolute Gasteiger partial charge is 0.396 e. The molecule has 1 fully saturated rings. The van der Waals surface area contributed by atoms with Gasteiger partial charge in [0, 0.05) is 13.2 Å². The van der Waals surface area contributed by atoms with E-state index in [-0.39, 0.29) is 17.6 Å². The maximum Gasteiger partial charge on any atom is 0.274 e. The highest BCUT2D eigenvalue weighted by Crippen LogP contribution is 2.19. The lowest BCUT2D eigenvalue weighted by atomic mass is 9.92. The van der Waals surface area contributed by atoms with E-state index in [1.54, 1.807) is 13.2 Å². The van der Waals surface area contributed by atoms with Crippen molar-refractivity contribution in [3.8, 4) is 0 Å². The van der Waals surface area contributed by atoms with Gasteiger partial charge in [0.2, 0.25) is 0 Å². The minimum atomic E-state index is -0.461. The normalized spacial score (nSPS) is 24.6. The zero-order chi connectivity index (χ0) is 12.4. The van der Waals surface area contributed by atoms with Crippen LogP contribution in [0.4, 0.5) is 5.69 Å².